The van der Waals surface area contributed by atoms with Crippen molar-refractivity contribution in [3.63, 3.8) is 0 Å². The van der Waals surface area contributed by atoms with Crippen LogP contribution in [0.2, 0.25) is 0 Å². The predicted octanol–water partition coefficient (Wildman–Crippen LogP) is 14.1. The number of para-hydroxylation sites is 2. The molecule has 0 amide bonds. The Morgan fingerprint density at radius 2 is 1.09 bits per heavy atom. The number of carboxylic acids is 1. The lowest BCUT2D eigenvalue weighted by Gasteiger charge is -2.34. The number of aromatic carboxylic acids is 1. The lowest BCUT2D eigenvalue weighted by Crippen LogP contribution is -2.34. The quantitative estimate of drug-likeness (QED) is 0.0575. The van der Waals surface area contributed by atoms with E-state index in [-0.39, 0.29) is 71.0 Å². The molecule has 12 rings (SSSR count). The standard InChI is InChI=1S/C28H24F3N3O4S.C28H25F3N2O6S/c1-32-16-12-20(29)24-22(13-16)39-26(33-24)28(35)10-8-17(9-11-28)36-14-19-23(34-38-25(19)15-6-7-15)18-4-2-3-5-21(18)37-27(30)31;29-19-11-15(25(34)35)12-21-23(19)32-26(40-21)28(36)9-7-16(8-10-28)37-13-18-22(33-39-24(18)14-5-6-14)17-3-1-2-4-20(17)38-27(30)31/h2-5,12-13,15,17,27,35H,6-11,14H2;1-4,11-12,14,16,27,36H,5-10,13H2,(H,34,35). The van der Waals surface area contributed by atoms with Gasteiger partial charge in [-0.15, -0.1) is 22.7 Å². The Kier molecular flexibility index (Phi) is 15.3. The van der Waals surface area contributed by atoms with Crippen LogP contribution >= 0.6 is 22.7 Å². The molecular formula is C56H49F6N5O10S2. The monoisotopic (exact) mass is 1130 g/mol. The number of alkyl halides is 4. The zero-order valence-electron chi connectivity index (χ0n) is 41.8. The minimum Gasteiger partial charge on any atom is -0.478 e. The number of thiazole rings is 2. The summed E-state index contributed by atoms with van der Waals surface area (Å²) in [6.07, 6.45) is 6.97. The van der Waals surface area contributed by atoms with Crippen LogP contribution in [0.25, 0.3) is 47.8 Å². The second kappa shape index (κ2) is 22.3. The molecule has 23 heteroatoms. The van der Waals surface area contributed by atoms with Crippen molar-refractivity contribution in [2.75, 3.05) is 0 Å². The lowest BCUT2D eigenvalue weighted by molar-refractivity contribution is -0.0641. The molecule has 0 aliphatic heterocycles. The molecule has 4 heterocycles. The van der Waals surface area contributed by atoms with Gasteiger partial charge in [-0.05, 0) is 126 Å². The van der Waals surface area contributed by atoms with E-state index in [1.165, 1.54) is 29.5 Å². The van der Waals surface area contributed by atoms with Gasteiger partial charge in [0.15, 0.2) is 11.5 Å². The van der Waals surface area contributed by atoms with Crippen molar-refractivity contribution in [3.8, 4) is 34.0 Å². The number of ether oxygens (including phenoxy) is 4. The maximum Gasteiger partial charge on any atom is 0.387 e. The van der Waals surface area contributed by atoms with Crippen molar-refractivity contribution in [1.29, 1.82) is 0 Å². The highest BCUT2D eigenvalue weighted by Crippen LogP contribution is 2.49. The van der Waals surface area contributed by atoms with E-state index >= 15 is 0 Å². The Hall–Kier alpha value is -6.94. The minimum absolute atomic E-state index is 0.000116. The van der Waals surface area contributed by atoms with Crippen LogP contribution in [-0.2, 0) is 33.9 Å². The number of rotatable bonds is 17. The smallest absolute Gasteiger partial charge is 0.387 e. The second-order valence-electron chi connectivity index (χ2n) is 20.2. The molecule has 4 aromatic heterocycles. The topological polar surface area (TPSA) is 197 Å². The largest absolute Gasteiger partial charge is 0.478 e. The van der Waals surface area contributed by atoms with Crippen LogP contribution in [0.3, 0.4) is 0 Å². The molecule has 79 heavy (non-hydrogen) atoms. The molecule has 0 radical (unpaired) electrons. The van der Waals surface area contributed by atoms with Gasteiger partial charge in [0, 0.05) is 38.8 Å². The van der Waals surface area contributed by atoms with Gasteiger partial charge in [-0.1, -0.05) is 34.6 Å². The minimum atomic E-state index is -2.98. The summed E-state index contributed by atoms with van der Waals surface area (Å²) in [4.78, 5) is 23.3. The molecule has 0 bridgehead atoms. The summed E-state index contributed by atoms with van der Waals surface area (Å²) in [7, 11) is 0. The number of nitrogens with zero attached hydrogens (tertiary/aromatic N) is 5. The van der Waals surface area contributed by atoms with Crippen molar-refractivity contribution >= 4 is 54.8 Å². The van der Waals surface area contributed by atoms with Gasteiger partial charge in [0.05, 0.1) is 42.3 Å². The number of halogens is 6. The summed E-state index contributed by atoms with van der Waals surface area (Å²) in [5.41, 5.74) is 0.794. The van der Waals surface area contributed by atoms with E-state index in [1.807, 2.05) is 0 Å². The maximum absolute atomic E-state index is 14.5. The zero-order chi connectivity index (χ0) is 55.2. The summed E-state index contributed by atoms with van der Waals surface area (Å²) in [5, 5.41) is 41.1. The summed E-state index contributed by atoms with van der Waals surface area (Å²) in [5.74, 6) is -0.702. The van der Waals surface area contributed by atoms with Crippen LogP contribution in [0.4, 0.5) is 32.0 Å². The first-order valence-electron chi connectivity index (χ1n) is 25.6. The van der Waals surface area contributed by atoms with Crippen LogP contribution in [0.15, 0.2) is 81.8 Å². The molecule has 0 unspecified atom stereocenters. The van der Waals surface area contributed by atoms with Gasteiger partial charge in [-0.25, -0.2) is 28.4 Å². The predicted molar refractivity (Wildman–Crippen MR) is 275 cm³/mol. The van der Waals surface area contributed by atoms with Crippen LogP contribution in [0, 0.1) is 18.2 Å². The lowest BCUT2D eigenvalue weighted by atomic mass is 9.83. The second-order valence-corrected chi connectivity index (χ2v) is 22.2. The van der Waals surface area contributed by atoms with Crippen LogP contribution in [0.1, 0.15) is 132 Å². The first-order chi connectivity index (χ1) is 38.1. The third kappa shape index (κ3) is 11.6. The van der Waals surface area contributed by atoms with Crippen molar-refractivity contribution in [1.82, 2.24) is 20.3 Å². The highest BCUT2D eigenvalue weighted by molar-refractivity contribution is 7.19. The van der Waals surface area contributed by atoms with Crippen molar-refractivity contribution < 1.29 is 74.5 Å². The van der Waals surface area contributed by atoms with Crippen molar-refractivity contribution in [2.45, 2.75) is 139 Å². The first-order valence-corrected chi connectivity index (χ1v) is 27.2. The van der Waals surface area contributed by atoms with E-state index in [0.29, 0.717) is 110 Å². The number of carbonyl (C=O) groups is 1. The molecule has 8 aromatic rings. The number of hydrogen-bond acceptors (Lipinski definition) is 15. The summed E-state index contributed by atoms with van der Waals surface area (Å²) < 4.78 is 115. The SMILES string of the molecule is O=C(O)c1cc(F)c2nc(C3(O)CCC(OCc4c(-c5ccccc5OC(F)F)noc4C4CC4)CC3)sc2c1.[C-]#[N+]c1cc(F)c2nc(C3(O)CCC(OCc4c(-c5ccccc5OC(F)F)noc4C4CC4)CC3)sc2c1. The van der Waals surface area contributed by atoms with Gasteiger partial charge >= 0.3 is 19.2 Å². The Morgan fingerprint density at radius 3 is 1.51 bits per heavy atom. The molecule has 412 valence electrons. The van der Waals surface area contributed by atoms with Gasteiger partial charge < -0.3 is 43.3 Å². The van der Waals surface area contributed by atoms with E-state index in [2.05, 4.69) is 25.1 Å². The van der Waals surface area contributed by atoms with E-state index in [4.69, 9.17) is 34.6 Å². The molecule has 0 saturated heterocycles. The van der Waals surface area contributed by atoms with Gasteiger partial charge in [-0.3, -0.25) is 0 Å². The van der Waals surface area contributed by atoms with E-state index < -0.39 is 42.0 Å². The van der Waals surface area contributed by atoms with E-state index in [9.17, 15) is 46.5 Å². The fourth-order valence-electron chi connectivity index (χ4n) is 10.3. The van der Waals surface area contributed by atoms with Gasteiger partial charge in [0.25, 0.3) is 0 Å². The fraction of sp³-hybridized carbons (Fsp3) is 0.393. The average molecular weight is 1130 g/mol. The Labute approximate surface area is 454 Å². The molecular weight excluding hydrogens is 1080 g/mol. The number of aromatic nitrogens is 4. The van der Waals surface area contributed by atoms with Crippen molar-refractivity contribution in [3.05, 3.63) is 134 Å². The fourth-order valence-corrected chi connectivity index (χ4v) is 12.6. The molecule has 0 atom stereocenters. The third-order valence-corrected chi connectivity index (χ3v) is 17.1. The highest BCUT2D eigenvalue weighted by Gasteiger charge is 2.41. The first kappa shape index (κ1) is 54.0. The number of fused-ring (bicyclic) bond motifs is 2. The summed E-state index contributed by atoms with van der Waals surface area (Å²) in [6.45, 7) is 1.53. The average Bonchev–Trinajstić information content (AvgIpc) is 4.36. The summed E-state index contributed by atoms with van der Waals surface area (Å²) >= 11 is 2.29. The molecule has 3 N–H and O–H groups in total. The molecule has 15 nitrogen and oxygen atoms in total. The highest BCUT2D eigenvalue weighted by atomic mass is 32.1. The van der Waals surface area contributed by atoms with Crippen molar-refractivity contribution in [2.24, 2.45) is 0 Å². The van der Waals surface area contributed by atoms with Gasteiger partial charge in [0.1, 0.15) is 72.5 Å². The zero-order valence-corrected chi connectivity index (χ0v) is 43.4. The molecule has 4 saturated carbocycles. The maximum atomic E-state index is 14.5. The van der Waals surface area contributed by atoms with Gasteiger partial charge in [0.2, 0.25) is 0 Å². The Bertz CT molecular complexity index is 3570. The molecule has 4 aromatic carbocycles. The molecule has 4 fully saturated rings. The van der Waals surface area contributed by atoms with E-state index in [0.717, 1.165) is 54.7 Å². The van der Waals surface area contributed by atoms with Crippen LogP contribution < -0.4 is 9.47 Å². The number of aliphatic hydroxyl groups is 2. The van der Waals surface area contributed by atoms with Crippen LogP contribution in [0.5, 0.6) is 11.5 Å². The number of hydrogen-bond donors (Lipinski definition) is 3. The van der Waals surface area contributed by atoms with Gasteiger partial charge in [-0.2, -0.15) is 17.6 Å². The Morgan fingerprint density at radius 1 is 0.658 bits per heavy atom. The number of carboxylic acid groups (broad SMARTS) is 1. The third-order valence-electron chi connectivity index (χ3n) is 14.8. The normalized spacial score (nSPS) is 21.3. The molecule has 4 aliphatic rings. The van der Waals surface area contributed by atoms with Crippen LogP contribution in [-0.4, -0.2) is 67.0 Å². The molecule has 0 spiro atoms. The molecule has 4 aliphatic carbocycles. The van der Waals surface area contributed by atoms with E-state index in [1.54, 1.807) is 42.5 Å². The Balaban J connectivity index is 0.000000167. The number of benzene rings is 4. The summed E-state index contributed by atoms with van der Waals surface area (Å²) in [6, 6.07) is 17.9.